The molecule has 1 aromatic rings. The molecule has 2 aliphatic rings. The minimum absolute atomic E-state index is 0.0578. The molecule has 3 rings (SSSR count). The summed E-state index contributed by atoms with van der Waals surface area (Å²) in [5.74, 6) is 0.687. The first-order valence-corrected chi connectivity index (χ1v) is 9.97. The summed E-state index contributed by atoms with van der Waals surface area (Å²) in [5.41, 5.74) is 0.583. The molecule has 0 bridgehead atoms. The summed E-state index contributed by atoms with van der Waals surface area (Å²) in [6, 6.07) is 5.61. The van der Waals surface area contributed by atoms with Crippen molar-refractivity contribution in [3.8, 4) is 0 Å². The Kier molecular flexibility index (Phi) is 6.82. The van der Waals surface area contributed by atoms with Gasteiger partial charge in [0.2, 0.25) is 5.91 Å². The first kappa shape index (κ1) is 21.2. The van der Waals surface area contributed by atoms with E-state index in [2.05, 4.69) is 17.6 Å². The van der Waals surface area contributed by atoms with Crippen molar-refractivity contribution in [3.63, 3.8) is 0 Å². The Morgan fingerprint density at radius 1 is 1.34 bits per heavy atom. The maximum absolute atomic E-state index is 12.9. The number of carbonyl (C=O) groups is 2. The molecule has 3 amide bonds. The van der Waals surface area contributed by atoms with Crippen molar-refractivity contribution < 1.29 is 19.4 Å². The number of hydrogen-bond acceptors (Lipinski definition) is 4. The van der Waals surface area contributed by atoms with Crippen LogP contribution >= 0.6 is 11.6 Å². The highest BCUT2D eigenvalue weighted by Crippen LogP contribution is 2.35. The van der Waals surface area contributed by atoms with Gasteiger partial charge in [0.15, 0.2) is 0 Å². The van der Waals surface area contributed by atoms with Gasteiger partial charge in [-0.2, -0.15) is 0 Å². The SMILES string of the molecule is COC1=CC(C)C([C@@H]2CN(CCO)C(=O)[C@H]2NC(=O)Nc2ccc(Cl)cc2)C=C1. The minimum Gasteiger partial charge on any atom is -0.497 e. The molecular formula is C21H26ClN3O4. The van der Waals surface area contributed by atoms with Crippen LogP contribution in [-0.4, -0.2) is 54.8 Å². The minimum atomic E-state index is -0.677. The molecular weight excluding hydrogens is 394 g/mol. The first-order valence-electron chi connectivity index (χ1n) is 9.59. The number of urea groups is 1. The van der Waals surface area contributed by atoms with Gasteiger partial charge in [-0.1, -0.05) is 24.6 Å². The lowest BCUT2D eigenvalue weighted by atomic mass is 9.77. The van der Waals surface area contributed by atoms with Crippen molar-refractivity contribution in [1.29, 1.82) is 0 Å². The number of amides is 3. The monoisotopic (exact) mass is 419 g/mol. The molecule has 1 saturated heterocycles. The first-order chi connectivity index (χ1) is 13.9. The number of carbonyl (C=O) groups excluding carboxylic acids is 2. The van der Waals surface area contributed by atoms with Crippen molar-refractivity contribution in [1.82, 2.24) is 10.2 Å². The molecule has 0 radical (unpaired) electrons. The van der Waals surface area contributed by atoms with Crippen LogP contribution in [0.5, 0.6) is 0 Å². The van der Waals surface area contributed by atoms with Crippen LogP contribution in [0.4, 0.5) is 10.5 Å². The predicted octanol–water partition coefficient (Wildman–Crippen LogP) is 2.63. The Hall–Kier alpha value is -2.51. The van der Waals surface area contributed by atoms with E-state index in [1.807, 2.05) is 18.2 Å². The van der Waals surface area contributed by atoms with E-state index < -0.39 is 12.1 Å². The highest BCUT2D eigenvalue weighted by molar-refractivity contribution is 6.30. The van der Waals surface area contributed by atoms with E-state index in [9.17, 15) is 14.7 Å². The number of hydrogen-bond donors (Lipinski definition) is 3. The van der Waals surface area contributed by atoms with E-state index in [4.69, 9.17) is 16.3 Å². The fourth-order valence-electron chi connectivity index (χ4n) is 3.98. The lowest BCUT2D eigenvalue weighted by Crippen LogP contribution is -2.48. The lowest BCUT2D eigenvalue weighted by Gasteiger charge is -2.30. The Morgan fingerprint density at radius 2 is 2.07 bits per heavy atom. The standard InChI is InChI=1S/C21H26ClN3O4/c1-13-11-16(29-2)7-8-17(13)18-12-25(9-10-26)20(27)19(18)24-21(28)23-15-5-3-14(22)4-6-15/h3-8,11,13,17-19,26H,9-10,12H2,1-2H3,(H2,23,24,28)/t13?,17?,18-,19-/m0/s1. The molecule has 1 aliphatic carbocycles. The Labute approximate surface area is 175 Å². The molecule has 3 N–H and O–H groups in total. The third kappa shape index (κ3) is 4.92. The van der Waals surface area contributed by atoms with Crippen LogP contribution in [0.2, 0.25) is 5.02 Å². The summed E-state index contributed by atoms with van der Waals surface area (Å²) in [5, 5.41) is 15.4. The fourth-order valence-corrected chi connectivity index (χ4v) is 4.11. The molecule has 1 fully saturated rings. The van der Waals surface area contributed by atoms with Crippen LogP contribution in [-0.2, 0) is 9.53 Å². The molecule has 0 spiro atoms. The van der Waals surface area contributed by atoms with Crippen molar-refractivity contribution in [3.05, 3.63) is 53.3 Å². The van der Waals surface area contributed by atoms with Gasteiger partial charge in [-0.05, 0) is 48.3 Å². The Morgan fingerprint density at radius 3 is 2.69 bits per heavy atom. The molecule has 0 saturated carbocycles. The normalized spacial score (nSPS) is 26.3. The smallest absolute Gasteiger partial charge is 0.319 e. The highest BCUT2D eigenvalue weighted by atomic mass is 35.5. The number of benzene rings is 1. The number of anilines is 1. The van der Waals surface area contributed by atoms with E-state index in [1.54, 1.807) is 36.3 Å². The van der Waals surface area contributed by atoms with Crippen LogP contribution in [0.3, 0.4) is 0 Å². The molecule has 29 heavy (non-hydrogen) atoms. The predicted molar refractivity (Wildman–Crippen MR) is 111 cm³/mol. The average molecular weight is 420 g/mol. The number of halogens is 1. The second kappa shape index (κ2) is 9.33. The van der Waals surface area contributed by atoms with Gasteiger partial charge in [-0.25, -0.2) is 4.79 Å². The number of rotatable bonds is 6. The van der Waals surface area contributed by atoms with Crippen molar-refractivity contribution in [2.45, 2.75) is 13.0 Å². The van der Waals surface area contributed by atoms with Crippen molar-refractivity contribution >= 4 is 29.2 Å². The van der Waals surface area contributed by atoms with Crippen LogP contribution in [0.1, 0.15) is 6.92 Å². The summed E-state index contributed by atoms with van der Waals surface area (Å²) in [7, 11) is 1.62. The van der Waals surface area contributed by atoms with Crippen molar-refractivity contribution in [2.24, 2.45) is 17.8 Å². The van der Waals surface area contributed by atoms with E-state index in [0.717, 1.165) is 5.76 Å². The van der Waals surface area contributed by atoms with Gasteiger partial charge in [0, 0.05) is 29.7 Å². The summed E-state index contributed by atoms with van der Waals surface area (Å²) < 4.78 is 5.29. The van der Waals surface area contributed by atoms with Crippen LogP contribution < -0.4 is 10.6 Å². The molecule has 8 heteroatoms. The zero-order valence-corrected chi connectivity index (χ0v) is 17.2. The van der Waals surface area contributed by atoms with Crippen LogP contribution in [0.15, 0.2) is 48.3 Å². The Bertz CT molecular complexity index is 809. The number of nitrogens with zero attached hydrogens (tertiary/aromatic N) is 1. The van der Waals surface area contributed by atoms with Gasteiger partial charge in [0.1, 0.15) is 11.8 Å². The number of ether oxygens (including phenoxy) is 1. The third-order valence-corrected chi connectivity index (χ3v) is 5.69. The van der Waals surface area contributed by atoms with Crippen LogP contribution in [0, 0.1) is 17.8 Å². The van der Waals surface area contributed by atoms with Gasteiger partial charge in [-0.15, -0.1) is 0 Å². The summed E-state index contributed by atoms with van der Waals surface area (Å²) in [6.07, 6.45) is 5.96. The largest absolute Gasteiger partial charge is 0.497 e. The number of aliphatic hydroxyl groups is 1. The quantitative estimate of drug-likeness (QED) is 0.661. The average Bonchev–Trinajstić information content (AvgIpc) is 2.99. The van der Waals surface area contributed by atoms with Gasteiger partial charge >= 0.3 is 6.03 Å². The molecule has 156 valence electrons. The number of nitrogens with one attached hydrogen (secondary N) is 2. The molecule has 0 aromatic heterocycles. The zero-order valence-electron chi connectivity index (χ0n) is 16.5. The van der Waals surface area contributed by atoms with E-state index in [-0.39, 0.29) is 36.8 Å². The van der Waals surface area contributed by atoms with E-state index >= 15 is 0 Å². The second-order valence-electron chi connectivity index (χ2n) is 7.32. The Balaban J connectivity index is 1.74. The van der Waals surface area contributed by atoms with Gasteiger partial charge in [0.05, 0.1) is 13.7 Å². The van der Waals surface area contributed by atoms with E-state index in [0.29, 0.717) is 17.3 Å². The van der Waals surface area contributed by atoms with Gasteiger partial charge < -0.3 is 25.4 Å². The number of aliphatic hydroxyl groups excluding tert-OH is 1. The molecule has 1 heterocycles. The highest BCUT2D eigenvalue weighted by Gasteiger charge is 2.45. The zero-order chi connectivity index (χ0) is 21.0. The lowest BCUT2D eigenvalue weighted by molar-refractivity contribution is -0.129. The maximum atomic E-state index is 12.9. The molecule has 4 atom stereocenters. The molecule has 2 unspecified atom stereocenters. The fraction of sp³-hybridized carbons (Fsp3) is 0.429. The summed E-state index contributed by atoms with van der Waals surface area (Å²) in [6.45, 7) is 2.67. The van der Waals surface area contributed by atoms with Gasteiger partial charge in [-0.3, -0.25) is 4.79 Å². The third-order valence-electron chi connectivity index (χ3n) is 5.44. The molecule has 1 aromatic carbocycles. The van der Waals surface area contributed by atoms with Gasteiger partial charge in [0.25, 0.3) is 0 Å². The number of allylic oxidation sites excluding steroid dienone is 3. The topological polar surface area (TPSA) is 90.9 Å². The summed E-state index contributed by atoms with van der Waals surface area (Å²) >= 11 is 5.87. The second-order valence-corrected chi connectivity index (χ2v) is 7.76. The number of β-amino-alcohol motifs (C(OH)–C–C–N with tert-alkyl or cyclic N) is 1. The number of likely N-dealkylation sites (tertiary alicyclic amines) is 1. The molecule has 7 nitrogen and oxygen atoms in total. The maximum Gasteiger partial charge on any atom is 0.319 e. The van der Waals surface area contributed by atoms with Crippen LogP contribution in [0.25, 0.3) is 0 Å². The van der Waals surface area contributed by atoms with Crippen molar-refractivity contribution in [2.75, 3.05) is 32.1 Å². The molecule has 1 aliphatic heterocycles. The van der Waals surface area contributed by atoms with E-state index in [1.165, 1.54) is 0 Å². The number of methoxy groups -OCH3 is 1. The summed E-state index contributed by atoms with van der Waals surface area (Å²) in [4.78, 5) is 27.1.